The maximum atomic E-state index is 3.83. The maximum Gasteiger partial charge on any atom is 0.0398 e. The number of halogens is 1. The summed E-state index contributed by atoms with van der Waals surface area (Å²) in [6.45, 7) is 16.9. The molecule has 8 nitrogen and oxygen atoms in total. The highest BCUT2D eigenvalue weighted by atomic mass is 79.9. The van der Waals surface area contributed by atoms with Gasteiger partial charge in [0.1, 0.15) is 0 Å². The average molecular weight is 554 g/mol. The Bertz CT molecular complexity index is 597. The molecule has 9 heteroatoms. The van der Waals surface area contributed by atoms with Crippen molar-refractivity contribution in [2.45, 2.75) is 25.7 Å². The van der Waals surface area contributed by atoms with Crippen LogP contribution >= 0.6 is 15.9 Å². The number of rotatable bonds is 2. The molecule has 35 heavy (non-hydrogen) atoms. The standard InChI is InChI=1S/C26H49BrN8/c27-24-21-25(34-17-3-9-30-13-11-28-5-1-7-32-15-19-34)23-26(22-24)35-18-4-10-31-14-12-29-6-2-8-33-16-20-35/h21-23,28-33H,1-20H2. The third kappa shape index (κ3) is 12.2. The fourth-order valence-electron chi connectivity index (χ4n) is 4.66. The van der Waals surface area contributed by atoms with Crippen molar-refractivity contribution in [3.05, 3.63) is 22.7 Å². The summed E-state index contributed by atoms with van der Waals surface area (Å²) in [5, 5.41) is 21.5. The topological polar surface area (TPSA) is 78.7 Å². The van der Waals surface area contributed by atoms with Gasteiger partial charge in [-0.05, 0) is 83.2 Å². The van der Waals surface area contributed by atoms with E-state index in [1.54, 1.807) is 0 Å². The highest BCUT2D eigenvalue weighted by Crippen LogP contribution is 2.28. The minimum Gasteiger partial charge on any atom is -0.370 e. The minimum atomic E-state index is 1.02. The van der Waals surface area contributed by atoms with E-state index in [0.29, 0.717) is 0 Å². The zero-order valence-electron chi connectivity index (χ0n) is 21.6. The lowest BCUT2D eigenvalue weighted by Crippen LogP contribution is -2.38. The van der Waals surface area contributed by atoms with Gasteiger partial charge in [-0.25, -0.2) is 0 Å². The van der Waals surface area contributed by atoms with E-state index in [-0.39, 0.29) is 0 Å². The van der Waals surface area contributed by atoms with Gasteiger partial charge in [0.2, 0.25) is 0 Å². The molecule has 0 aromatic heterocycles. The minimum absolute atomic E-state index is 1.02. The van der Waals surface area contributed by atoms with Crippen molar-refractivity contribution in [1.82, 2.24) is 31.9 Å². The van der Waals surface area contributed by atoms with Crippen LogP contribution in [0.1, 0.15) is 25.7 Å². The van der Waals surface area contributed by atoms with Crippen LogP contribution in [0, 0.1) is 0 Å². The van der Waals surface area contributed by atoms with Crippen LogP contribution < -0.4 is 41.7 Å². The monoisotopic (exact) mass is 552 g/mol. The number of hydrogen-bond acceptors (Lipinski definition) is 8. The van der Waals surface area contributed by atoms with Gasteiger partial charge in [-0.3, -0.25) is 0 Å². The van der Waals surface area contributed by atoms with Crippen molar-refractivity contribution in [2.24, 2.45) is 0 Å². The molecule has 1 aromatic carbocycles. The van der Waals surface area contributed by atoms with Gasteiger partial charge in [-0.1, -0.05) is 15.9 Å². The molecule has 0 radical (unpaired) electrons. The first-order valence-corrected chi connectivity index (χ1v) is 14.7. The normalized spacial score (nSPS) is 22.2. The van der Waals surface area contributed by atoms with Crippen molar-refractivity contribution >= 4 is 27.3 Å². The number of nitrogens with zero attached hydrogens (tertiary/aromatic N) is 2. The third-order valence-electron chi connectivity index (χ3n) is 6.65. The van der Waals surface area contributed by atoms with Crippen molar-refractivity contribution < 1.29 is 0 Å². The molecule has 0 atom stereocenters. The summed E-state index contributed by atoms with van der Waals surface area (Å²) >= 11 is 3.83. The second-order valence-electron chi connectivity index (χ2n) is 9.56. The molecule has 0 amide bonds. The van der Waals surface area contributed by atoms with Crippen LogP contribution in [0.25, 0.3) is 0 Å². The Morgan fingerprint density at radius 3 is 1.23 bits per heavy atom. The smallest absolute Gasteiger partial charge is 0.0398 e. The molecule has 2 saturated heterocycles. The van der Waals surface area contributed by atoms with Crippen LogP contribution in [0.5, 0.6) is 0 Å². The van der Waals surface area contributed by atoms with Crippen LogP contribution in [0.2, 0.25) is 0 Å². The van der Waals surface area contributed by atoms with Gasteiger partial charge in [0, 0.05) is 81.3 Å². The third-order valence-corrected chi connectivity index (χ3v) is 7.11. The van der Waals surface area contributed by atoms with Gasteiger partial charge in [-0.15, -0.1) is 0 Å². The average Bonchev–Trinajstić information content (AvgIpc) is 2.86. The lowest BCUT2D eigenvalue weighted by atomic mass is 10.2. The highest BCUT2D eigenvalue weighted by molar-refractivity contribution is 9.10. The first-order chi connectivity index (χ1) is 17.3. The van der Waals surface area contributed by atoms with Gasteiger partial charge < -0.3 is 41.7 Å². The zero-order chi connectivity index (χ0) is 24.4. The molecule has 2 aliphatic rings. The quantitative estimate of drug-likeness (QED) is 0.326. The van der Waals surface area contributed by atoms with Crippen LogP contribution in [0.15, 0.2) is 22.7 Å². The summed E-state index contributed by atoms with van der Waals surface area (Å²) in [5.41, 5.74) is 2.64. The Morgan fingerprint density at radius 1 is 0.429 bits per heavy atom. The summed E-state index contributed by atoms with van der Waals surface area (Å²) < 4.78 is 1.16. The first-order valence-electron chi connectivity index (χ1n) is 13.9. The molecular formula is C26H49BrN8. The van der Waals surface area contributed by atoms with Crippen LogP contribution in [-0.2, 0) is 0 Å². The Balaban J connectivity index is 1.66. The fourth-order valence-corrected chi connectivity index (χ4v) is 5.13. The van der Waals surface area contributed by atoms with E-state index >= 15 is 0 Å². The predicted molar refractivity (Wildman–Crippen MR) is 154 cm³/mol. The van der Waals surface area contributed by atoms with E-state index in [0.717, 1.165) is 122 Å². The second-order valence-corrected chi connectivity index (χ2v) is 10.5. The Kier molecular flexibility index (Phi) is 15.0. The molecule has 2 fully saturated rings. The van der Waals surface area contributed by atoms with Crippen molar-refractivity contribution in [3.8, 4) is 0 Å². The number of anilines is 2. The first kappa shape index (κ1) is 28.6. The Morgan fingerprint density at radius 2 is 0.800 bits per heavy atom. The van der Waals surface area contributed by atoms with Gasteiger partial charge in [0.25, 0.3) is 0 Å². The van der Waals surface area contributed by atoms with Crippen LogP contribution in [0.3, 0.4) is 0 Å². The molecule has 6 N–H and O–H groups in total. The fraction of sp³-hybridized carbons (Fsp3) is 0.769. The van der Waals surface area contributed by atoms with Crippen molar-refractivity contribution in [3.63, 3.8) is 0 Å². The van der Waals surface area contributed by atoms with E-state index in [1.807, 2.05) is 0 Å². The number of hydrogen-bond donors (Lipinski definition) is 6. The predicted octanol–water partition coefficient (Wildman–Crippen LogP) is 1.19. The zero-order valence-corrected chi connectivity index (χ0v) is 23.2. The van der Waals surface area contributed by atoms with E-state index < -0.39 is 0 Å². The van der Waals surface area contributed by atoms with Crippen LogP contribution in [0.4, 0.5) is 11.4 Å². The Labute approximate surface area is 221 Å². The molecule has 0 spiro atoms. The molecule has 0 aliphatic carbocycles. The highest BCUT2D eigenvalue weighted by Gasteiger charge is 2.13. The molecule has 2 aliphatic heterocycles. The summed E-state index contributed by atoms with van der Waals surface area (Å²) in [7, 11) is 0. The summed E-state index contributed by atoms with van der Waals surface area (Å²) in [6, 6.07) is 6.99. The van der Waals surface area contributed by atoms with E-state index in [1.165, 1.54) is 24.2 Å². The lowest BCUT2D eigenvalue weighted by molar-refractivity contribution is 0.548. The molecule has 0 saturated carbocycles. The number of nitrogens with one attached hydrogen (secondary N) is 6. The molecule has 3 rings (SSSR count). The second kappa shape index (κ2) is 18.3. The summed E-state index contributed by atoms with van der Waals surface area (Å²) in [5.74, 6) is 0. The van der Waals surface area contributed by atoms with Crippen LogP contribution in [-0.4, -0.2) is 105 Å². The van der Waals surface area contributed by atoms with Crippen molar-refractivity contribution in [1.29, 1.82) is 0 Å². The van der Waals surface area contributed by atoms with Gasteiger partial charge in [0.15, 0.2) is 0 Å². The molecule has 200 valence electrons. The number of benzene rings is 1. The largest absolute Gasteiger partial charge is 0.370 e. The molecule has 2 heterocycles. The van der Waals surface area contributed by atoms with E-state index in [2.05, 4.69) is 75.8 Å². The molecular weight excluding hydrogens is 504 g/mol. The molecule has 0 unspecified atom stereocenters. The molecule has 1 aromatic rings. The molecule has 0 bridgehead atoms. The SMILES string of the molecule is Brc1cc(N2CCCNCCNCCCNCC2)cc(N2CCCNCCNCCCNCC2)c1. The summed E-state index contributed by atoms with van der Waals surface area (Å²) in [6.07, 6.45) is 4.65. The van der Waals surface area contributed by atoms with Gasteiger partial charge in [-0.2, -0.15) is 0 Å². The van der Waals surface area contributed by atoms with Crippen molar-refractivity contribution in [2.75, 3.05) is 115 Å². The van der Waals surface area contributed by atoms with Gasteiger partial charge in [0.05, 0.1) is 0 Å². The Hall–Kier alpha value is -0.940. The van der Waals surface area contributed by atoms with E-state index in [9.17, 15) is 0 Å². The van der Waals surface area contributed by atoms with E-state index in [4.69, 9.17) is 0 Å². The maximum absolute atomic E-state index is 3.83. The lowest BCUT2D eigenvalue weighted by Gasteiger charge is -2.30. The summed E-state index contributed by atoms with van der Waals surface area (Å²) in [4.78, 5) is 5.12. The van der Waals surface area contributed by atoms with Gasteiger partial charge >= 0.3 is 0 Å².